The summed E-state index contributed by atoms with van der Waals surface area (Å²) in [4.78, 5) is 2.39. The van der Waals surface area contributed by atoms with E-state index in [0.717, 1.165) is 32.1 Å². The lowest BCUT2D eigenvalue weighted by atomic mass is 10.0. The summed E-state index contributed by atoms with van der Waals surface area (Å²) in [5.41, 5.74) is 7.17. The molecule has 0 spiro atoms. The summed E-state index contributed by atoms with van der Waals surface area (Å²) in [7, 11) is 0. The fourth-order valence-corrected chi connectivity index (χ4v) is 2.34. The lowest BCUT2D eigenvalue weighted by molar-refractivity contribution is 0.0179. The van der Waals surface area contributed by atoms with Crippen LogP contribution >= 0.6 is 0 Å². The van der Waals surface area contributed by atoms with Crippen molar-refractivity contribution in [2.75, 3.05) is 39.5 Å². The highest BCUT2D eigenvalue weighted by atomic mass is 16.5. The number of rotatable bonds is 5. The van der Waals surface area contributed by atoms with E-state index >= 15 is 0 Å². The molecule has 4 heteroatoms. The topological polar surface area (TPSA) is 47.7 Å². The van der Waals surface area contributed by atoms with Gasteiger partial charge in [-0.05, 0) is 24.6 Å². The van der Waals surface area contributed by atoms with Crippen LogP contribution in [0.3, 0.4) is 0 Å². The Balaban J connectivity index is 2.06. The zero-order valence-corrected chi connectivity index (χ0v) is 11.0. The van der Waals surface area contributed by atoms with Gasteiger partial charge in [-0.25, -0.2) is 0 Å². The Kier molecular flexibility index (Phi) is 4.99. The van der Waals surface area contributed by atoms with E-state index < -0.39 is 0 Å². The van der Waals surface area contributed by atoms with E-state index in [-0.39, 0.29) is 6.04 Å². The molecule has 18 heavy (non-hydrogen) atoms. The van der Waals surface area contributed by atoms with Crippen LogP contribution in [0.5, 0.6) is 5.75 Å². The van der Waals surface area contributed by atoms with Crippen LogP contribution in [0.15, 0.2) is 24.3 Å². The minimum absolute atomic E-state index is 0.282. The zero-order chi connectivity index (χ0) is 12.8. The average molecular weight is 250 g/mol. The fraction of sp³-hybridized carbons (Fsp3) is 0.571. The summed E-state index contributed by atoms with van der Waals surface area (Å²) in [6, 6.07) is 8.53. The maximum atomic E-state index is 5.92. The van der Waals surface area contributed by atoms with Crippen LogP contribution < -0.4 is 10.5 Å². The lowest BCUT2D eigenvalue weighted by Gasteiger charge is -2.34. The summed E-state index contributed by atoms with van der Waals surface area (Å²) in [5, 5.41) is 0. The molecule has 4 nitrogen and oxygen atoms in total. The van der Waals surface area contributed by atoms with Crippen molar-refractivity contribution in [3.63, 3.8) is 0 Å². The van der Waals surface area contributed by atoms with E-state index in [1.165, 1.54) is 5.56 Å². The monoisotopic (exact) mass is 250 g/mol. The Morgan fingerprint density at radius 2 is 1.94 bits per heavy atom. The zero-order valence-electron chi connectivity index (χ0n) is 11.0. The first kappa shape index (κ1) is 13.3. The van der Waals surface area contributed by atoms with E-state index in [1.807, 2.05) is 19.1 Å². The third-order valence-corrected chi connectivity index (χ3v) is 3.29. The van der Waals surface area contributed by atoms with Crippen molar-refractivity contribution >= 4 is 0 Å². The Morgan fingerprint density at radius 1 is 1.28 bits per heavy atom. The van der Waals surface area contributed by atoms with Gasteiger partial charge >= 0.3 is 0 Å². The van der Waals surface area contributed by atoms with Crippen LogP contribution in [-0.4, -0.2) is 44.4 Å². The van der Waals surface area contributed by atoms with Gasteiger partial charge in [-0.1, -0.05) is 12.1 Å². The molecule has 0 amide bonds. The molecule has 1 heterocycles. The molecule has 1 atom stereocenters. The van der Waals surface area contributed by atoms with Gasteiger partial charge in [0.2, 0.25) is 0 Å². The molecule has 0 radical (unpaired) electrons. The van der Waals surface area contributed by atoms with Gasteiger partial charge in [-0.2, -0.15) is 0 Å². The highest BCUT2D eigenvalue weighted by Crippen LogP contribution is 2.23. The predicted octanol–water partition coefficient (Wildman–Crippen LogP) is 1.42. The second kappa shape index (κ2) is 6.73. The number of nitrogens with zero attached hydrogens (tertiary/aromatic N) is 1. The number of ether oxygens (including phenoxy) is 2. The second-order valence-electron chi connectivity index (χ2n) is 4.40. The molecule has 100 valence electrons. The summed E-state index contributed by atoms with van der Waals surface area (Å²) < 4.78 is 10.8. The minimum atomic E-state index is 0.282. The lowest BCUT2D eigenvalue weighted by Crippen LogP contribution is -2.41. The number of morpholine rings is 1. The molecule has 0 aliphatic carbocycles. The van der Waals surface area contributed by atoms with Gasteiger partial charge in [-0.15, -0.1) is 0 Å². The summed E-state index contributed by atoms with van der Waals surface area (Å²) in [6.07, 6.45) is 0. The number of benzene rings is 1. The Morgan fingerprint density at radius 3 is 2.50 bits per heavy atom. The van der Waals surface area contributed by atoms with Gasteiger partial charge in [0.15, 0.2) is 0 Å². The van der Waals surface area contributed by atoms with Crippen LogP contribution in [-0.2, 0) is 4.74 Å². The molecule has 1 aromatic rings. The van der Waals surface area contributed by atoms with Crippen LogP contribution in [0.25, 0.3) is 0 Å². The smallest absolute Gasteiger partial charge is 0.119 e. The third-order valence-electron chi connectivity index (χ3n) is 3.29. The molecule has 0 bridgehead atoms. The highest BCUT2D eigenvalue weighted by Gasteiger charge is 2.21. The number of hydrogen-bond acceptors (Lipinski definition) is 4. The van der Waals surface area contributed by atoms with Crippen molar-refractivity contribution < 1.29 is 9.47 Å². The molecule has 2 N–H and O–H groups in total. The van der Waals surface area contributed by atoms with Gasteiger partial charge in [-0.3, -0.25) is 4.90 Å². The Hall–Kier alpha value is -1.10. The highest BCUT2D eigenvalue weighted by molar-refractivity contribution is 5.29. The minimum Gasteiger partial charge on any atom is -0.494 e. The van der Waals surface area contributed by atoms with Gasteiger partial charge in [0, 0.05) is 25.7 Å². The predicted molar refractivity (Wildman–Crippen MR) is 71.8 cm³/mol. The number of hydrogen-bond donors (Lipinski definition) is 1. The largest absolute Gasteiger partial charge is 0.494 e. The molecule has 0 saturated carbocycles. The average Bonchev–Trinajstić information content (AvgIpc) is 2.43. The van der Waals surface area contributed by atoms with Crippen LogP contribution in [0.2, 0.25) is 0 Å². The van der Waals surface area contributed by atoms with Crippen molar-refractivity contribution in [3.8, 4) is 5.75 Å². The number of nitrogens with two attached hydrogens (primary N) is 1. The van der Waals surface area contributed by atoms with E-state index in [0.29, 0.717) is 13.2 Å². The molecule has 1 aliphatic rings. The van der Waals surface area contributed by atoms with Crippen molar-refractivity contribution in [2.45, 2.75) is 13.0 Å². The standard InChI is InChI=1S/C14H22N2O2/c1-2-18-13-5-3-12(4-6-13)14(11-15)16-7-9-17-10-8-16/h3-6,14H,2,7-11,15H2,1H3/t14-/m1/s1. The third kappa shape index (κ3) is 3.22. The summed E-state index contributed by atoms with van der Waals surface area (Å²) >= 11 is 0. The molecule has 1 aliphatic heterocycles. The summed E-state index contributed by atoms with van der Waals surface area (Å²) in [6.45, 7) is 6.83. The molecule has 1 saturated heterocycles. The van der Waals surface area contributed by atoms with Crippen molar-refractivity contribution in [1.82, 2.24) is 4.90 Å². The Labute approximate surface area is 109 Å². The van der Waals surface area contributed by atoms with Crippen molar-refractivity contribution in [3.05, 3.63) is 29.8 Å². The fourth-order valence-electron chi connectivity index (χ4n) is 2.34. The molecule has 0 unspecified atom stereocenters. The second-order valence-corrected chi connectivity index (χ2v) is 4.40. The van der Waals surface area contributed by atoms with Gasteiger partial charge < -0.3 is 15.2 Å². The normalized spacial score (nSPS) is 18.6. The van der Waals surface area contributed by atoms with E-state index in [2.05, 4.69) is 17.0 Å². The quantitative estimate of drug-likeness (QED) is 0.858. The van der Waals surface area contributed by atoms with Gasteiger partial charge in [0.1, 0.15) is 5.75 Å². The molecular weight excluding hydrogens is 228 g/mol. The molecular formula is C14H22N2O2. The van der Waals surface area contributed by atoms with Crippen LogP contribution in [0, 0.1) is 0 Å². The molecule has 0 aromatic heterocycles. The van der Waals surface area contributed by atoms with E-state index in [4.69, 9.17) is 15.2 Å². The maximum Gasteiger partial charge on any atom is 0.119 e. The maximum absolute atomic E-state index is 5.92. The summed E-state index contributed by atoms with van der Waals surface area (Å²) in [5.74, 6) is 0.916. The SMILES string of the molecule is CCOc1ccc([C@@H](CN)N2CCOCC2)cc1. The van der Waals surface area contributed by atoms with Crippen molar-refractivity contribution in [1.29, 1.82) is 0 Å². The van der Waals surface area contributed by atoms with Gasteiger partial charge in [0.25, 0.3) is 0 Å². The first-order valence-corrected chi connectivity index (χ1v) is 6.59. The van der Waals surface area contributed by atoms with Crippen LogP contribution in [0.1, 0.15) is 18.5 Å². The first-order chi connectivity index (χ1) is 8.85. The molecule has 1 aromatic carbocycles. The molecule has 1 fully saturated rings. The van der Waals surface area contributed by atoms with E-state index in [9.17, 15) is 0 Å². The molecule has 2 rings (SSSR count). The van der Waals surface area contributed by atoms with Crippen molar-refractivity contribution in [2.24, 2.45) is 5.73 Å². The van der Waals surface area contributed by atoms with Gasteiger partial charge in [0.05, 0.1) is 19.8 Å². The van der Waals surface area contributed by atoms with E-state index in [1.54, 1.807) is 0 Å². The Bertz CT molecular complexity index is 347. The first-order valence-electron chi connectivity index (χ1n) is 6.59. The van der Waals surface area contributed by atoms with Crippen LogP contribution in [0.4, 0.5) is 0 Å².